The highest BCUT2D eigenvalue weighted by atomic mass is 32.1. The Hall–Kier alpha value is -1.96. The van der Waals surface area contributed by atoms with E-state index in [1.807, 2.05) is 20.8 Å². The van der Waals surface area contributed by atoms with Gasteiger partial charge in [0, 0.05) is 23.9 Å². The predicted octanol–water partition coefficient (Wildman–Crippen LogP) is 1.51. The van der Waals surface area contributed by atoms with Crippen LogP contribution in [0.2, 0.25) is 0 Å². The van der Waals surface area contributed by atoms with E-state index in [4.69, 9.17) is 5.73 Å². The smallest absolute Gasteiger partial charge is 0.249 e. The third-order valence-corrected chi connectivity index (χ3v) is 4.07. The summed E-state index contributed by atoms with van der Waals surface area (Å²) >= 11 is 1.31. The van der Waals surface area contributed by atoms with Crippen molar-refractivity contribution in [3.63, 3.8) is 0 Å². The highest BCUT2D eigenvalue weighted by molar-refractivity contribution is 7.13. The second-order valence-electron chi connectivity index (χ2n) is 6.54. The van der Waals surface area contributed by atoms with Crippen molar-refractivity contribution in [1.29, 1.82) is 0 Å². The van der Waals surface area contributed by atoms with Gasteiger partial charge in [0.2, 0.25) is 17.7 Å². The second kappa shape index (κ2) is 8.05. The van der Waals surface area contributed by atoms with Gasteiger partial charge in [0.15, 0.2) is 5.13 Å². The van der Waals surface area contributed by atoms with Gasteiger partial charge >= 0.3 is 0 Å². The van der Waals surface area contributed by atoms with Crippen molar-refractivity contribution in [2.24, 2.45) is 17.1 Å². The van der Waals surface area contributed by atoms with Gasteiger partial charge in [0.05, 0.1) is 0 Å². The Labute approximate surface area is 140 Å². The first kappa shape index (κ1) is 19.1. The van der Waals surface area contributed by atoms with Gasteiger partial charge in [-0.15, -0.1) is 11.3 Å². The zero-order valence-electron chi connectivity index (χ0n) is 13.9. The van der Waals surface area contributed by atoms with Gasteiger partial charge in [-0.05, 0) is 11.8 Å². The van der Waals surface area contributed by atoms with Crippen LogP contribution < -0.4 is 16.4 Å². The van der Waals surface area contributed by atoms with Gasteiger partial charge < -0.3 is 16.4 Å². The highest BCUT2D eigenvalue weighted by Crippen LogP contribution is 2.22. The molecule has 128 valence electrons. The minimum atomic E-state index is -0.706. The number of nitrogens with two attached hydrogens (primary N) is 1. The maximum Gasteiger partial charge on any atom is 0.249 e. The van der Waals surface area contributed by atoms with Crippen molar-refractivity contribution in [3.05, 3.63) is 11.6 Å². The van der Waals surface area contributed by atoms with E-state index in [0.717, 1.165) is 0 Å². The molecule has 1 unspecified atom stereocenters. The summed E-state index contributed by atoms with van der Waals surface area (Å²) in [5, 5.41) is 7.68. The number of hydrogen-bond acceptors (Lipinski definition) is 5. The molecule has 0 aliphatic carbocycles. The fourth-order valence-corrected chi connectivity index (χ4v) is 2.39. The number of nitrogens with zero attached hydrogens (tertiary/aromatic N) is 1. The molecule has 0 aliphatic rings. The summed E-state index contributed by atoms with van der Waals surface area (Å²) in [4.78, 5) is 39.5. The van der Waals surface area contributed by atoms with Crippen molar-refractivity contribution in [2.75, 3.05) is 5.32 Å². The fraction of sp³-hybridized carbons (Fsp3) is 0.600. The van der Waals surface area contributed by atoms with Crippen LogP contribution in [0.15, 0.2) is 11.6 Å². The summed E-state index contributed by atoms with van der Waals surface area (Å²) in [6.45, 7) is 7.27. The van der Waals surface area contributed by atoms with E-state index < -0.39 is 17.4 Å². The quantitative estimate of drug-likeness (QED) is 0.698. The molecule has 0 radical (unpaired) electrons. The average molecular weight is 340 g/mol. The van der Waals surface area contributed by atoms with Crippen LogP contribution in [0.25, 0.3) is 0 Å². The Morgan fingerprint density at radius 3 is 2.48 bits per heavy atom. The monoisotopic (exact) mass is 340 g/mol. The normalized spacial score (nSPS) is 13.9. The van der Waals surface area contributed by atoms with Gasteiger partial charge in [-0.25, -0.2) is 4.98 Å². The number of anilines is 1. The molecule has 1 aromatic rings. The lowest BCUT2D eigenvalue weighted by molar-refractivity contribution is -0.129. The van der Waals surface area contributed by atoms with Gasteiger partial charge in [-0.3, -0.25) is 14.4 Å². The lowest BCUT2D eigenvalue weighted by Gasteiger charge is -2.30. The molecule has 1 aromatic heterocycles. The predicted molar refractivity (Wildman–Crippen MR) is 89.7 cm³/mol. The largest absolute Gasteiger partial charge is 0.369 e. The molecular weight excluding hydrogens is 316 g/mol. The Morgan fingerprint density at radius 1 is 1.35 bits per heavy atom. The number of rotatable bonds is 7. The SMILES string of the molecule is CC(CCC(=O)N[C@H](C(=O)Nc1nccs1)C(C)(C)C)C(N)=O. The molecule has 0 saturated carbocycles. The minimum Gasteiger partial charge on any atom is -0.369 e. The fourth-order valence-electron chi connectivity index (χ4n) is 1.86. The topological polar surface area (TPSA) is 114 Å². The molecule has 0 fully saturated rings. The van der Waals surface area contributed by atoms with Crippen LogP contribution in [-0.4, -0.2) is 28.7 Å². The molecule has 1 rings (SSSR count). The number of thiazole rings is 1. The van der Waals surface area contributed by atoms with E-state index in [1.54, 1.807) is 18.5 Å². The van der Waals surface area contributed by atoms with Gasteiger partial charge in [-0.1, -0.05) is 27.7 Å². The Bertz CT molecular complexity index is 552. The van der Waals surface area contributed by atoms with Crippen molar-refractivity contribution in [1.82, 2.24) is 10.3 Å². The van der Waals surface area contributed by atoms with Crippen molar-refractivity contribution in [2.45, 2.75) is 46.6 Å². The molecule has 2 atom stereocenters. The lowest BCUT2D eigenvalue weighted by Crippen LogP contribution is -2.51. The zero-order valence-corrected chi connectivity index (χ0v) is 14.7. The zero-order chi connectivity index (χ0) is 17.6. The first-order valence-electron chi connectivity index (χ1n) is 7.40. The molecule has 3 amide bonds. The van der Waals surface area contributed by atoms with Gasteiger partial charge in [0.1, 0.15) is 6.04 Å². The van der Waals surface area contributed by atoms with Crippen LogP contribution in [0.4, 0.5) is 5.13 Å². The maximum atomic E-state index is 12.4. The average Bonchev–Trinajstić information content (AvgIpc) is 2.93. The van der Waals surface area contributed by atoms with Crippen molar-refractivity contribution in [3.8, 4) is 0 Å². The van der Waals surface area contributed by atoms with E-state index in [0.29, 0.717) is 11.6 Å². The molecule has 0 bridgehead atoms. The number of aromatic nitrogens is 1. The van der Waals surface area contributed by atoms with Crippen LogP contribution >= 0.6 is 11.3 Å². The van der Waals surface area contributed by atoms with E-state index in [-0.39, 0.29) is 24.2 Å². The summed E-state index contributed by atoms with van der Waals surface area (Å²) in [5.41, 5.74) is 4.71. The first-order chi connectivity index (χ1) is 10.6. The molecule has 7 nitrogen and oxygen atoms in total. The summed E-state index contributed by atoms with van der Waals surface area (Å²) in [6, 6.07) is -0.706. The molecule has 8 heteroatoms. The lowest BCUT2D eigenvalue weighted by atomic mass is 9.86. The van der Waals surface area contributed by atoms with E-state index in [2.05, 4.69) is 15.6 Å². The molecular formula is C15H24N4O3S. The van der Waals surface area contributed by atoms with Crippen molar-refractivity contribution >= 4 is 34.2 Å². The summed E-state index contributed by atoms with van der Waals surface area (Å²) in [6.07, 6.45) is 2.09. The molecule has 0 aliphatic heterocycles. The molecule has 23 heavy (non-hydrogen) atoms. The molecule has 0 spiro atoms. The summed E-state index contributed by atoms with van der Waals surface area (Å²) < 4.78 is 0. The van der Waals surface area contributed by atoms with Crippen LogP contribution in [0.5, 0.6) is 0 Å². The summed E-state index contributed by atoms with van der Waals surface area (Å²) in [7, 11) is 0. The molecule has 0 aromatic carbocycles. The van der Waals surface area contributed by atoms with Gasteiger partial charge in [-0.2, -0.15) is 0 Å². The Kier molecular flexibility index (Phi) is 6.68. The van der Waals surface area contributed by atoms with E-state index in [9.17, 15) is 14.4 Å². The Morgan fingerprint density at radius 2 is 2.00 bits per heavy atom. The van der Waals surface area contributed by atoms with Crippen molar-refractivity contribution < 1.29 is 14.4 Å². The van der Waals surface area contributed by atoms with E-state index in [1.165, 1.54) is 11.3 Å². The van der Waals surface area contributed by atoms with Crippen LogP contribution in [0.3, 0.4) is 0 Å². The third kappa shape index (κ3) is 6.35. The molecule has 1 heterocycles. The molecule has 4 N–H and O–H groups in total. The maximum absolute atomic E-state index is 12.4. The third-order valence-electron chi connectivity index (χ3n) is 3.39. The number of primary amides is 1. The first-order valence-corrected chi connectivity index (χ1v) is 8.28. The Balaban J connectivity index is 2.66. The minimum absolute atomic E-state index is 0.140. The second-order valence-corrected chi connectivity index (χ2v) is 7.43. The number of carbonyl (C=O) groups is 3. The standard InChI is InChI=1S/C15H24N4O3S/c1-9(12(16)21)5-6-10(20)18-11(15(2,3)4)13(22)19-14-17-7-8-23-14/h7-9,11H,5-6H2,1-4H3,(H2,16,21)(H,18,20)(H,17,19,22)/t9?,11-/m1/s1. The summed E-state index contributed by atoms with van der Waals surface area (Å²) in [5.74, 6) is -1.42. The van der Waals surface area contributed by atoms with Gasteiger partial charge in [0.25, 0.3) is 0 Å². The van der Waals surface area contributed by atoms with E-state index >= 15 is 0 Å². The molecule has 0 saturated heterocycles. The highest BCUT2D eigenvalue weighted by Gasteiger charge is 2.33. The number of nitrogens with one attached hydrogen (secondary N) is 2. The van der Waals surface area contributed by atoms with Crippen LogP contribution in [-0.2, 0) is 14.4 Å². The number of amides is 3. The van der Waals surface area contributed by atoms with Crippen LogP contribution in [0.1, 0.15) is 40.5 Å². The number of hydrogen-bond donors (Lipinski definition) is 3. The van der Waals surface area contributed by atoms with Crippen LogP contribution in [0, 0.1) is 11.3 Å². The number of carbonyl (C=O) groups excluding carboxylic acids is 3.